The van der Waals surface area contributed by atoms with Crippen molar-refractivity contribution in [3.63, 3.8) is 0 Å². The van der Waals surface area contributed by atoms with Gasteiger partial charge in [-0.2, -0.15) is 0 Å². The first-order valence-corrected chi connectivity index (χ1v) is 6.02. The van der Waals surface area contributed by atoms with E-state index in [1.807, 2.05) is 13.8 Å². The summed E-state index contributed by atoms with van der Waals surface area (Å²) in [6, 6.07) is 4.35. The van der Waals surface area contributed by atoms with Gasteiger partial charge in [-0.3, -0.25) is 0 Å². The van der Waals surface area contributed by atoms with Gasteiger partial charge in [0.15, 0.2) is 0 Å². The molecule has 0 N–H and O–H groups in total. The fourth-order valence-corrected chi connectivity index (χ4v) is 2.30. The lowest BCUT2D eigenvalue weighted by atomic mass is 9.99. The summed E-state index contributed by atoms with van der Waals surface area (Å²) in [4.78, 5) is 11.8. The molecule has 0 unspecified atom stereocenters. The summed E-state index contributed by atoms with van der Waals surface area (Å²) in [5, 5.41) is 0. The average molecular weight is 230 g/mol. The number of benzene rings is 1. The molecule has 0 aromatic heterocycles. The summed E-state index contributed by atoms with van der Waals surface area (Å²) in [5.74, 6) is -0.170. The van der Waals surface area contributed by atoms with Crippen LogP contribution in [0.5, 0.6) is 0 Å². The molecule has 2 rings (SSSR count). The molecule has 0 spiro atoms. The second kappa shape index (κ2) is 4.36. The molecule has 0 amide bonds. The normalized spacial score (nSPS) is 13.9. The van der Waals surface area contributed by atoms with Gasteiger partial charge in [0.2, 0.25) is 0 Å². The topological polar surface area (TPSA) is 26.3 Å². The average Bonchev–Trinajstić information content (AvgIpc) is 2.58. The molecular weight excluding hydrogens is 212 g/mol. The molecule has 2 nitrogen and oxygen atoms in total. The SMILES string of the molecule is CCOC(=O)C1=C(C)c2cc(C)c(C)cc2C1. The molecule has 0 saturated heterocycles. The number of allylic oxidation sites excluding steroid dienone is 1. The van der Waals surface area contributed by atoms with Gasteiger partial charge < -0.3 is 4.74 Å². The molecule has 0 saturated carbocycles. The molecule has 17 heavy (non-hydrogen) atoms. The first-order chi connectivity index (χ1) is 8.04. The van der Waals surface area contributed by atoms with Gasteiger partial charge in [0.05, 0.1) is 6.61 Å². The largest absolute Gasteiger partial charge is 0.463 e. The number of fused-ring (bicyclic) bond motifs is 1. The molecule has 1 aromatic rings. The van der Waals surface area contributed by atoms with Gasteiger partial charge in [-0.25, -0.2) is 4.79 Å². The van der Waals surface area contributed by atoms with E-state index in [4.69, 9.17) is 4.74 Å². The molecular formula is C15H18O2. The Labute approximate surface area is 102 Å². The molecule has 0 aliphatic heterocycles. The van der Waals surface area contributed by atoms with Crippen LogP contribution in [0.4, 0.5) is 0 Å². The van der Waals surface area contributed by atoms with E-state index < -0.39 is 0 Å². The highest BCUT2D eigenvalue weighted by Gasteiger charge is 2.24. The first kappa shape index (κ1) is 11.9. The van der Waals surface area contributed by atoms with Gasteiger partial charge in [0.25, 0.3) is 0 Å². The van der Waals surface area contributed by atoms with Crippen molar-refractivity contribution in [1.82, 2.24) is 0 Å². The smallest absolute Gasteiger partial charge is 0.334 e. The van der Waals surface area contributed by atoms with Crippen LogP contribution in [0.2, 0.25) is 0 Å². The lowest BCUT2D eigenvalue weighted by Crippen LogP contribution is -2.08. The third-order valence-corrected chi connectivity index (χ3v) is 3.47. The van der Waals surface area contributed by atoms with Gasteiger partial charge >= 0.3 is 5.97 Å². The number of esters is 1. The zero-order valence-corrected chi connectivity index (χ0v) is 10.9. The number of hydrogen-bond donors (Lipinski definition) is 0. The third-order valence-electron chi connectivity index (χ3n) is 3.47. The van der Waals surface area contributed by atoms with Gasteiger partial charge in [-0.1, -0.05) is 12.1 Å². The highest BCUT2D eigenvalue weighted by molar-refractivity contribution is 6.00. The van der Waals surface area contributed by atoms with Gasteiger partial charge in [0, 0.05) is 12.0 Å². The summed E-state index contributed by atoms with van der Waals surface area (Å²) in [6.07, 6.45) is 0.709. The van der Waals surface area contributed by atoms with E-state index in [2.05, 4.69) is 26.0 Å². The van der Waals surface area contributed by atoms with E-state index in [-0.39, 0.29) is 5.97 Å². The Hall–Kier alpha value is -1.57. The summed E-state index contributed by atoms with van der Waals surface area (Å²) in [7, 11) is 0. The third kappa shape index (κ3) is 1.99. The molecule has 1 aromatic carbocycles. The van der Waals surface area contributed by atoms with Crippen molar-refractivity contribution < 1.29 is 9.53 Å². The molecule has 0 atom stereocenters. The minimum absolute atomic E-state index is 0.170. The highest BCUT2D eigenvalue weighted by atomic mass is 16.5. The fourth-order valence-electron chi connectivity index (χ4n) is 2.30. The fraction of sp³-hybridized carbons (Fsp3) is 0.400. The van der Waals surface area contributed by atoms with Crippen LogP contribution in [0.1, 0.15) is 36.1 Å². The number of hydrogen-bond acceptors (Lipinski definition) is 2. The molecule has 0 heterocycles. The predicted molar refractivity (Wildman–Crippen MR) is 68.8 cm³/mol. The Bertz CT molecular complexity index is 510. The van der Waals surface area contributed by atoms with Crippen LogP contribution in [-0.2, 0) is 16.0 Å². The molecule has 90 valence electrons. The quantitative estimate of drug-likeness (QED) is 0.729. The first-order valence-electron chi connectivity index (χ1n) is 6.02. The van der Waals surface area contributed by atoms with E-state index in [0.717, 1.165) is 11.1 Å². The van der Waals surface area contributed by atoms with Crippen LogP contribution in [0.25, 0.3) is 5.57 Å². The maximum absolute atomic E-state index is 11.8. The monoisotopic (exact) mass is 230 g/mol. The Morgan fingerprint density at radius 2 is 1.88 bits per heavy atom. The van der Waals surface area contributed by atoms with Crippen LogP contribution >= 0.6 is 0 Å². The Kier molecular flexibility index (Phi) is 3.05. The molecule has 0 bridgehead atoms. The Morgan fingerprint density at radius 1 is 1.24 bits per heavy atom. The minimum Gasteiger partial charge on any atom is -0.463 e. The zero-order valence-electron chi connectivity index (χ0n) is 10.9. The standard InChI is InChI=1S/C15H18O2/c1-5-17-15(16)14-8-12-6-9(2)10(3)7-13(12)11(14)4/h6-7H,5,8H2,1-4H3. The number of carbonyl (C=O) groups excluding carboxylic acids is 1. The van der Waals surface area contributed by atoms with Crippen molar-refractivity contribution in [2.45, 2.75) is 34.1 Å². The maximum atomic E-state index is 11.8. The molecule has 0 fully saturated rings. The van der Waals surface area contributed by atoms with Crippen molar-refractivity contribution >= 4 is 11.5 Å². The van der Waals surface area contributed by atoms with Crippen LogP contribution < -0.4 is 0 Å². The highest BCUT2D eigenvalue weighted by Crippen LogP contribution is 2.34. The van der Waals surface area contributed by atoms with Crippen molar-refractivity contribution in [3.8, 4) is 0 Å². The van der Waals surface area contributed by atoms with Crippen LogP contribution in [0, 0.1) is 13.8 Å². The summed E-state index contributed by atoms with van der Waals surface area (Å²) in [5.41, 5.74) is 6.88. The van der Waals surface area contributed by atoms with Gasteiger partial charge in [0.1, 0.15) is 0 Å². The molecule has 0 radical (unpaired) electrons. The zero-order chi connectivity index (χ0) is 12.6. The van der Waals surface area contributed by atoms with E-state index in [1.165, 1.54) is 22.3 Å². The summed E-state index contributed by atoms with van der Waals surface area (Å²) >= 11 is 0. The van der Waals surface area contributed by atoms with Gasteiger partial charge in [-0.15, -0.1) is 0 Å². The van der Waals surface area contributed by atoms with Crippen molar-refractivity contribution in [3.05, 3.63) is 40.0 Å². The molecule has 2 heteroatoms. The minimum atomic E-state index is -0.170. The van der Waals surface area contributed by atoms with E-state index in [1.54, 1.807) is 0 Å². The van der Waals surface area contributed by atoms with Crippen LogP contribution in [0.3, 0.4) is 0 Å². The van der Waals surface area contributed by atoms with Crippen LogP contribution in [0.15, 0.2) is 17.7 Å². The van der Waals surface area contributed by atoms with E-state index in [0.29, 0.717) is 13.0 Å². The number of carbonyl (C=O) groups is 1. The molecule has 1 aliphatic rings. The second-order valence-electron chi connectivity index (χ2n) is 4.59. The lowest BCUT2D eigenvalue weighted by molar-refractivity contribution is -0.138. The predicted octanol–water partition coefficient (Wildman–Crippen LogP) is 3.20. The lowest BCUT2D eigenvalue weighted by Gasteiger charge is -2.05. The maximum Gasteiger partial charge on any atom is 0.334 e. The van der Waals surface area contributed by atoms with Crippen molar-refractivity contribution in [1.29, 1.82) is 0 Å². The van der Waals surface area contributed by atoms with E-state index in [9.17, 15) is 4.79 Å². The molecule has 1 aliphatic carbocycles. The van der Waals surface area contributed by atoms with Crippen molar-refractivity contribution in [2.75, 3.05) is 6.61 Å². The number of aryl methyl sites for hydroxylation is 2. The second-order valence-corrected chi connectivity index (χ2v) is 4.59. The summed E-state index contributed by atoms with van der Waals surface area (Å²) < 4.78 is 5.09. The number of ether oxygens (including phenoxy) is 1. The Morgan fingerprint density at radius 3 is 2.53 bits per heavy atom. The van der Waals surface area contributed by atoms with Gasteiger partial charge in [-0.05, 0) is 55.5 Å². The van der Waals surface area contributed by atoms with Crippen molar-refractivity contribution in [2.24, 2.45) is 0 Å². The summed E-state index contributed by atoms with van der Waals surface area (Å²) in [6.45, 7) is 8.49. The van der Waals surface area contributed by atoms with Crippen LogP contribution in [-0.4, -0.2) is 12.6 Å². The number of rotatable bonds is 2. The Balaban J connectivity index is 2.41. The van der Waals surface area contributed by atoms with E-state index >= 15 is 0 Å².